The Kier molecular flexibility index (Phi) is 5.24. The predicted octanol–water partition coefficient (Wildman–Crippen LogP) is 4.56. The van der Waals surface area contributed by atoms with Crippen LogP contribution in [0, 0.1) is 5.82 Å². The third-order valence-electron chi connectivity index (χ3n) is 3.27. The number of hydrogen-bond acceptors (Lipinski definition) is 2. The first-order chi connectivity index (χ1) is 9.62. The van der Waals surface area contributed by atoms with E-state index in [0.29, 0.717) is 17.9 Å². The number of ether oxygens (including phenoxy) is 1. The summed E-state index contributed by atoms with van der Waals surface area (Å²) in [5.41, 5.74) is 1.36. The van der Waals surface area contributed by atoms with E-state index >= 15 is 0 Å². The number of benzene rings is 1. The van der Waals surface area contributed by atoms with Crippen LogP contribution >= 0.6 is 23.2 Å². The molecule has 6 heteroatoms. The zero-order valence-corrected chi connectivity index (χ0v) is 13.0. The van der Waals surface area contributed by atoms with Crippen molar-refractivity contribution in [1.29, 1.82) is 0 Å². The van der Waals surface area contributed by atoms with Crippen LogP contribution in [0.3, 0.4) is 0 Å². The highest BCUT2D eigenvalue weighted by atomic mass is 35.5. The predicted molar refractivity (Wildman–Crippen MR) is 80.1 cm³/mol. The summed E-state index contributed by atoms with van der Waals surface area (Å²) in [4.78, 5) is 4.40. The molecule has 2 rings (SSSR count). The van der Waals surface area contributed by atoms with Crippen LogP contribution in [-0.2, 0) is 10.6 Å². The fourth-order valence-electron chi connectivity index (χ4n) is 2.45. The highest BCUT2D eigenvalue weighted by molar-refractivity contribution is 6.31. The number of aromatic nitrogens is 2. The van der Waals surface area contributed by atoms with Crippen molar-refractivity contribution in [2.75, 3.05) is 13.7 Å². The molecule has 1 atom stereocenters. The molecule has 20 heavy (non-hydrogen) atoms. The molecule has 0 aliphatic rings. The molecule has 1 unspecified atom stereocenters. The molecule has 0 aliphatic heterocycles. The normalized spacial score (nSPS) is 13.1. The lowest BCUT2D eigenvalue weighted by molar-refractivity contribution is 0.151. The van der Waals surface area contributed by atoms with Crippen molar-refractivity contribution in [3.05, 3.63) is 28.8 Å². The van der Waals surface area contributed by atoms with Crippen molar-refractivity contribution >= 4 is 34.2 Å². The Morgan fingerprint density at radius 2 is 2.20 bits per heavy atom. The van der Waals surface area contributed by atoms with Crippen molar-refractivity contribution < 1.29 is 9.13 Å². The maximum Gasteiger partial charge on any atom is 0.144 e. The van der Waals surface area contributed by atoms with E-state index in [-0.39, 0.29) is 16.9 Å². The molecule has 0 fully saturated rings. The van der Waals surface area contributed by atoms with Gasteiger partial charge in [-0.1, -0.05) is 24.9 Å². The van der Waals surface area contributed by atoms with Crippen LogP contribution < -0.4 is 0 Å². The number of fused-ring (bicyclic) bond motifs is 1. The van der Waals surface area contributed by atoms with Gasteiger partial charge in [0.1, 0.15) is 11.6 Å². The van der Waals surface area contributed by atoms with E-state index in [1.807, 2.05) is 4.57 Å². The van der Waals surface area contributed by atoms with Crippen LogP contribution in [0.1, 0.15) is 31.6 Å². The highest BCUT2D eigenvalue weighted by Crippen LogP contribution is 2.29. The minimum Gasteiger partial charge on any atom is -0.383 e. The number of hydrogen-bond donors (Lipinski definition) is 0. The monoisotopic (exact) mass is 318 g/mol. The fraction of sp³-hybridized carbons (Fsp3) is 0.500. The topological polar surface area (TPSA) is 27.1 Å². The van der Waals surface area contributed by atoms with Crippen molar-refractivity contribution in [1.82, 2.24) is 9.55 Å². The standard InChI is InChI=1S/C14H17Cl2FN2O/c1-3-4-9(8-20-2)19-13-5-10(16)11(17)6-12(13)18-14(19)7-15/h5-6,9H,3-4,7-8H2,1-2H3. The molecule has 0 N–H and O–H groups in total. The smallest absolute Gasteiger partial charge is 0.144 e. The van der Waals surface area contributed by atoms with E-state index in [2.05, 4.69) is 11.9 Å². The largest absolute Gasteiger partial charge is 0.383 e. The Labute approximate surface area is 127 Å². The van der Waals surface area contributed by atoms with Crippen molar-refractivity contribution in [3.63, 3.8) is 0 Å². The maximum atomic E-state index is 13.6. The van der Waals surface area contributed by atoms with E-state index in [9.17, 15) is 4.39 Å². The Bertz CT molecular complexity index is 594. The first-order valence-corrected chi connectivity index (χ1v) is 7.44. The van der Waals surface area contributed by atoms with Gasteiger partial charge in [0, 0.05) is 13.2 Å². The van der Waals surface area contributed by atoms with E-state index in [0.717, 1.165) is 18.4 Å². The summed E-state index contributed by atoms with van der Waals surface area (Å²) in [6.07, 6.45) is 1.93. The number of alkyl halides is 1. The van der Waals surface area contributed by atoms with Gasteiger partial charge in [-0.2, -0.15) is 0 Å². The molecule has 1 aromatic carbocycles. The van der Waals surface area contributed by atoms with Gasteiger partial charge >= 0.3 is 0 Å². The third-order valence-corrected chi connectivity index (χ3v) is 3.80. The van der Waals surface area contributed by atoms with Gasteiger partial charge < -0.3 is 9.30 Å². The number of imidazole rings is 1. The fourth-order valence-corrected chi connectivity index (χ4v) is 2.80. The van der Waals surface area contributed by atoms with Crippen molar-refractivity contribution in [3.8, 4) is 0 Å². The zero-order valence-electron chi connectivity index (χ0n) is 11.5. The van der Waals surface area contributed by atoms with E-state index < -0.39 is 5.82 Å². The van der Waals surface area contributed by atoms with Gasteiger partial charge in [-0.25, -0.2) is 9.37 Å². The van der Waals surface area contributed by atoms with Crippen LogP contribution in [0.25, 0.3) is 11.0 Å². The van der Waals surface area contributed by atoms with Crippen LogP contribution in [0.4, 0.5) is 4.39 Å². The molecule has 0 aliphatic carbocycles. The molecular formula is C14H17Cl2FN2O. The molecule has 0 spiro atoms. The summed E-state index contributed by atoms with van der Waals surface area (Å²) < 4.78 is 20.9. The second kappa shape index (κ2) is 6.74. The van der Waals surface area contributed by atoms with Gasteiger partial charge in [0.2, 0.25) is 0 Å². The summed E-state index contributed by atoms with van der Waals surface area (Å²) in [7, 11) is 1.66. The molecule has 2 aromatic rings. The molecule has 0 saturated heterocycles. The first kappa shape index (κ1) is 15.5. The lowest BCUT2D eigenvalue weighted by Crippen LogP contribution is -2.16. The number of nitrogens with zero attached hydrogens (tertiary/aromatic N) is 2. The van der Waals surface area contributed by atoms with Crippen molar-refractivity contribution in [2.45, 2.75) is 31.7 Å². The van der Waals surface area contributed by atoms with Crippen LogP contribution in [0.2, 0.25) is 5.02 Å². The third kappa shape index (κ3) is 2.92. The molecule has 0 radical (unpaired) electrons. The summed E-state index contributed by atoms with van der Waals surface area (Å²) >= 11 is 11.9. The van der Waals surface area contributed by atoms with Crippen LogP contribution in [0.5, 0.6) is 0 Å². The second-order valence-corrected chi connectivity index (χ2v) is 5.36. The Balaban J connectivity index is 2.61. The van der Waals surface area contributed by atoms with E-state index in [4.69, 9.17) is 27.9 Å². The maximum absolute atomic E-state index is 13.6. The first-order valence-electron chi connectivity index (χ1n) is 6.53. The molecule has 1 heterocycles. The van der Waals surface area contributed by atoms with E-state index in [1.54, 1.807) is 13.2 Å². The minimum absolute atomic E-state index is 0.0902. The van der Waals surface area contributed by atoms with Gasteiger partial charge in [-0.3, -0.25) is 0 Å². The summed E-state index contributed by atoms with van der Waals surface area (Å²) in [5.74, 6) is 0.500. The van der Waals surface area contributed by atoms with Gasteiger partial charge in [0.05, 0.1) is 34.6 Å². The number of rotatable bonds is 6. The quantitative estimate of drug-likeness (QED) is 0.730. The highest BCUT2D eigenvalue weighted by Gasteiger charge is 2.19. The molecule has 0 bridgehead atoms. The van der Waals surface area contributed by atoms with Gasteiger partial charge in [-0.05, 0) is 12.5 Å². The molecule has 0 amide bonds. The van der Waals surface area contributed by atoms with Gasteiger partial charge in [0.25, 0.3) is 0 Å². The summed E-state index contributed by atoms with van der Waals surface area (Å²) in [5, 5.41) is 0.0902. The molecule has 110 valence electrons. The Hall–Kier alpha value is -0.840. The average Bonchev–Trinajstić information content (AvgIpc) is 2.76. The van der Waals surface area contributed by atoms with Crippen molar-refractivity contribution in [2.24, 2.45) is 0 Å². The minimum atomic E-state index is -0.469. The van der Waals surface area contributed by atoms with Gasteiger partial charge in [0.15, 0.2) is 0 Å². The van der Waals surface area contributed by atoms with Gasteiger partial charge in [-0.15, -0.1) is 11.6 Å². The summed E-state index contributed by atoms with van der Waals surface area (Å²) in [6, 6.07) is 3.07. The lowest BCUT2D eigenvalue weighted by Gasteiger charge is -2.20. The number of halogens is 3. The van der Waals surface area contributed by atoms with Crippen LogP contribution in [0.15, 0.2) is 12.1 Å². The van der Waals surface area contributed by atoms with Crippen LogP contribution in [-0.4, -0.2) is 23.3 Å². The Morgan fingerprint density at radius 3 is 2.80 bits per heavy atom. The SMILES string of the molecule is CCCC(COC)n1c(CCl)nc2cc(F)c(Cl)cc21. The molecule has 3 nitrogen and oxygen atoms in total. The average molecular weight is 319 g/mol. The molecule has 1 aromatic heterocycles. The molecule has 0 saturated carbocycles. The lowest BCUT2D eigenvalue weighted by atomic mass is 10.1. The van der Waals surface area contributed by atoms with E-state index in [1.165, 1.54) is 6.07 Å². The Morgan fingerprint density at radius 1 is 1.45 bits per heavy atom. The molecular weight excluding hydrogens is 302 g/mol. The second-order valence-electron chi connectivity index (χ2n) is 4.68. The summed E-state index contributed by atoms with van der Waals surface area (Å²) in [6.45, 7) is 2.66. The number of methoxy groups -OCH3 is 1. The zero-order chi connectivity index (χ0) is 14.7.